The molecular formula is C21H6F9N6O16P. The van der Waals surface area contributed by atoms with E-state index in [-0.39, 0.29) is 0 Å². The van der Waals surface area contributed by atoms with Crippen molar-refractivity contribution in [3.63, 3.8) is 0 Å². The van der Waals surface area contributed by atoms with Gasteiger partial charge in [-0.2, -0.15) is 44.1 Å². The zero-order valence-electron chi connectivity index (χ0n) is 24.0. The second-order valence-electron chi connectivity index (χ2n) is 9.29. The van der Waals surface area contributed by atoms with E-state index in [1.54, 1.807) is 0 Å². The maximum Gasteiger partial charge on any atom is 0.648 e. The summed E-state index contributed by atoms with van der Waals surface area (Å²) in [5, 5.41) is 70.3. The van der Waals surface area contributed by atoms with Crippen LogP contribution in [0.25, 0.3) is 0 Å². The molecule has 53 heavy (non-hydrogen) atoms. The molecule has 0 aliphatic rings. The number of hydrogen-bond donors (Lipinski definition) is 0. The van der Waals surface area contributed by atoms with Crippen molar-refractivity contribution in [3.8, 4) is 17.2 Å². The van der Waals surface area contributed by atoms with Crippen LogP contribution in [-0.2, 0) is 23.1 Å². The first-order valence-electron chi connectivity index (χ1n) is 12.3. The molecule has 0 saturated carbocycles. The van der Waals surface area contributed by atoms with Crippen LogP contribution in [0.1, 0.15) is 16.7 Å². The Kier molecular flexibility index (Phi) is 10.4. The number of halogens is 9. The van der Waals surface area contributed by atoms with Gasteiger partial charge >= 0.3 is 60.5 Å². The van der Waals surface area contributed by atoms with E-state index in [1.165, 1.54) is 0 Å². The van der Waals surface area contributed by atoms with Crippen LogP contribution in [0.4, 0.5) is 73.6 Å². The summed E-state index contributed by atoms with van der Waals surface area (Å²) in [5.74, 6) is -7.03. The Morgan fingerprint density at radius 3 is 0.660 bits per heavy atom. The third kappa shape index (κ3) is 8.69. The molecule has 0 unspecified atom stereocenters. The van der Waals surface area contributed by atoms with Gasteiger partial charge in [0.15, 0.2) is 0 Å². The van der Waals surface area contributed by atoms with Gasteiger partial charge in [-0.1, -0.05) is 0 Å². The van der Waals surface area contributed by atoms with Gasteiger partial charge < -0.3 is 13.6 Å². The fourth-order valence-electron chi connectivity index (χ4n) is 3.77. The van der Waals surface area contributed by atoms with Gasteiger partial charge in [-0.25, -0.2) is 0 Å². The molecule has 0 atom stereocenters. The first-order chi connectivity index (χ1) is 24.0. The highest BCUT2D eigenvalue weighted by atomic mass is 31.2. The molecule has 0 N–H and O–H groups in total. The minimum atomic E-state index is -7.12. The molecule has 0 aromatic heterocycles. The number of phosphoric ester groups is 1. The summed E-state index contributed by atoms with van der Waals surface area (Å²) >= 11 is 0. The summed E-state index contributed by atoms with van der Waals surface area (Å²) in [7, 11) is -7.12. The minimum Gasteiger partial charge on any atom is -0.371 e. The highest BCUT2D eigenvalue weighted by Crippen LogP contribution is 2.60. The van der Waals surface area contributed by atoms with Gasteiger partial charge in [-0.05, 0) is 0 Å². The van der Waals surface area contributed by atoms with Crippen molar-refractivity contribution >= 4 is 41.9 Å². The summed E-state index contributed by atoms with van der Waals surface area (Å²) in [6.07, 6.45) is -17.0. The summed E-state index contributed by atoms with van der Waals surface area (Å²) in [4.78, 5) is 58.6. The molecule has 32 heteroatoms. The molecule has 3 rings (SSSR count). The molecule has 0 radical (unpaired) electrons. The van der Waals surface area contributed by atoms with E-state index in [4.69, 9.17) is 0 Å². The molecule has 3 aromatic carbocycles. The zero-order valence-corrected chi connectivity index (χ0v) is 24.9. The maximum atomic E-state index is 14.1. The van der Waals surface area contributed by atoms with Crippen LogP contribution in [0.2, 0.25) is 0 Å². The third-order valence-corrected chi connectivity index (χ3v) is 7.14. The largest absolute Gasteiger partial charge is 0.648 e. The number of nitrogens with zero attached hydrogens (tertiary/aromatic N) is 6. The molecule has 0 amide bonds. The Morgan fingerprint density at radius 2 is 0.547 bits per heavy atom. The number of phosphoric acid groups is 1. The Labute approximate surface area is 279 Å². The van der Waals surface area contributed by atoms with Crippen LogP contribution >= 0.6 is 7.82 Å². The lowest BCUT2D eigenvalue weighted by molar-refractivity contribution is -0.396. The first-order valence-corrected chi connectivity index (χ1v) is 13.8. The van der Waals surface area contributed by atoms with E-state index in [0.717, 1.165) is 0 Å². The third-order valence-electron chi connectivity index (χ3n) is 5.92. The van der Waals surface area contributed by atoms with Gasteiger partial charge in [0, 0.05) is 36.4 Å². The number of benzene rings is 3. The summed E-state index contributed by atoms with van der Waals surface area (Å²) < 4.78 is 148. The minimum absolute atomic E-state index is 0.585. The number of hydrogen-bond acceptors (Lipinski definition) is 16. The first kappa shape index (κ1) is 40.5. The van der Waals surface area contributed by atoms with Crippen LogP contribution in [0.5, 0.6) is 17.2 Å². The molecule has 22 nitrogen and oxygen atoms in total. The van der Waals surface area contributed by atoms with Gasteiger partial charge in [0.2, 0.25) is 0 Å². The molecular weight excluding hydrogens is 794 g/mol. The fourth-order valence-corrected chi connectivity index (χ4v) is 5.12. The SMILES string of the molecule is O=[N+]([O-])c1cc(C(F)(F)F)cc([N+](=O)[O-])c1OP(=O)(Oc1c([N+](=O)[O-])cc(C(F)(F)F)cc1[N+](=O)[O-])Oc1c([N+](=O)[O-])cc(C(F)(F)F)cc1[N+](=O)[O-]. The molecule has 0 aliphatic heterocycles. The normalized spacial score (nSPS) is 12.1. The van der Waals surface area contributed by atoms with Crippen LogP contribution in [0.3, 0.4) is 0 Å². The lowest BCUT2D eigenvalue weighted by atomic mass is 10.1. The Morgan fingerprint density at radius 1 is 0.396 bits per heavy atom. The number of nitro benzene ring substituents is 6. The molecule has 0 spiro atoms. The van der Waals surface area contributed by atoms with Gasteiger partial charge in [0.1, 0.15) is 0 Å². The Bertz CT molecular complexity index is 1820. The Balaban J connectivity index is 2.58. The van der Waals surface area contributed by atoms with E-state index in [9.17, 15) is 105 Å². The van der Waals surface area contributed by atoms with E-state index in [1.807, 2.05) is 0 Å². The van der Waals surface area contributed by atoms with Gasteiger partial charge in [-0.15, -0.1) is 0 Å². The summed E-state index contributed by atoms with van der Waals surface area (Å²) in [6.45, 7) is 0. The fraction of sp³-hybridized carbons (Fsp3) is 0.143. The average molecular weight is 800 g/mol. The monoisotopic (exact) mass is 800 g/mol. The van der Waals surface area contributed by atoms with Gasteiger partial charge in [0.25, 0.3) is 17.2 Å². The molecule has 3 aromatic rings. The van der Waals surface area contributed by atoms with Crippen LogP contribution in [-0.4, -0.2) is 29.5 Å². The summed E-state index contributed by atoms with van der Waals surface area (Å²) in [6, 6.07) is -3.51. The molecule has 0 heterocycles. The molecule has 0 bridgehead atoms. The van der Waals surface area contributed by atoms with Crippen molar-refractivity contribution < 1.29 is 87.2 Å². The lowest BCUT2D eigenvalue weighted by Crippen LogP contribution is -2.15. The highest BCUT2D eigenvalue weighted by Gasteiger charge is 2.50. The predicted octanol–water partition coefficient (Wildman–Crippen LogP) is 7.84. The predicted molar refractivity (Wildman–Crippen MR) is 144 cm³/mol. The number of nitro groups is 6. The second-order valence-corrected chi connectivity index (χ2v) is 10.7. The van der Waals surface area contributed by atoms with Crippen LogP contribution in [0, 0.1) is 60.7 Å². The maximum absolute atomic E-state index is 14.1. The molecule has 284 valence electrons. The van der Waals surface area contributed by atoms with E-state index in [0.29, 0.717) is 0 Å². The van der Waals surface area contributed by atoms with Gasteiger partial charge in [0.05, 0.1) is 46.2 Å². The summed E-state index contributed by atoms with van der Waals surface area (Å²) in [5.41, 5.74) is -20.3. The standard InChI is InChI=1S/C21H6F9N6O16P/c22-19(23,24)7-1-10(31(37)38)16(11(2-7)32(39)40)50-53(49,51-17-12(33(41)42)3-8(20(25,26)27)4-13(17)34(43)44)52-18-14(35(45)46)5-9(21(28,29)30)6-15(18)36(47)48/h1-6H. The van der Waals surface area contributed by atoms with Crippen molar-refractivity contribution in [2.75, 3.05) is 0 Å². The number of rotatable bonds is 12. The van der Waals surface area contributed by atoms with E-state index >= 15 is 0 Å². The quantitative estimate of drug-likeness (QED) is 0.0728. The zero-order chi connectivity index (χ0) is 40.8. The number of alkyl halides is 9. The van der Waals surface area contributed by atoms with Crippen molar-refractivity contribution in [3.05, 3.63) is 114 Å². The Hall–Kier alpha value is -6.94. The van der Waals surface area contributed by atoms with Crippen molar-refractivity contribution in [1.29, 1.82) is 0 Å². The van der Waals surface area contributed by atoms with E-state index < -0.39 is 160 Å². The van der Waals surface area contributed by atoms with Crippen LogP contribution in [0.15, 0.2) is 36.4 Å². The van der Waals surface area contributed by atoms with E-state index in [2.05, 4.69) is 13.6 Å². The van der Waals surface area contributed by atoms with Crippen molar-refractivity contribution in [2.24, 2.45) is 0 Å². The van der Waals surface area contributed by atoms with Crippen molar-refractivity contribution in [2.45, 2.75) is 18.5 Å². The van der Waals surface area contributed by atoms with Gasteiger partial charge in [-0.3, -0.25) is 60.7 Å². The molecule has 0 aliphatic carbocycles. The molecule has 0 saturated heterocycles. The average Bonchev–Trinajstić information content (AvgIpc) is 2.98. The topological polar surface area (TPSA) is 304 Å². The second kappa shape index (κ2) is 13.6. The smallest absolute Gasteiger partial charge is 0.371 e. The van der Waals surface area contributed by atoms with Crippen LogP contribution < -0.4 is 13.6 Å². The highest BCUT2D eigenvalue weighted by molar-refractivity contribution is 7.49. The van der Waals surface area contributed by atoms with Crippen molar-refractivity contribution in [1.82, 2.24) is 0 Å². The lowest BCUT2D eigenvalue weighted by Gasteiger charge is -2.20. The molecule has 0 fully saturated rings.